The summed E-state index contributed by atoms with van der Waals surface area (Å²) < 4.78 is 6.29. The van der Waals surface area contributed by atoms with Gasteiger partial charge in [0.15, 0.2) is 0 Å². The van der Waals surface area contributed by atoms with Gasteiger partial charge < -0.3 is 10.1 Å². The topological polar surface area (TPSA) is 21.3 Å². The summed E-state index contributed by atoms with van der Waals surface area (Å²) in [5.41, 5.74) is 0.399. The SMILES string of the molecule is CCC(C)(C)C1CCC(NC)C(OC(C)(C)C)C1. The van der Waals surface area contributed by atoms with Crippen LogP contribution < -0.4 is 5.32 Å². The maximum Gasteiger partial charge on any atom is 0.0737 e. The molecule has 0 aromatic heterocycles. The van der Waals surface area contributed by atoms with Crippen LogP contribution in [0.4, 0.5) is 0 Å². The lowest BCUT2D eigenvalue weighted by molar-refractivity contribution is -0.104. The molecule has 2 heteroatoms. The summed E-state index contributed by atoms with van der Waals surface area (Å²) in [6, 6.07) is 0.521. The van der Waals surface area contributed by atoms with Crippen LogP contribution in [0.3, 0.4) is 0 Å². The van der Waals surface area contributed by atoms with Crippen molar-refractivity contribution in [2.45, 2.75) is 85.0 Å². The number of rotatable bonds is 4. The monoisotopic (exact) mass is 255 g/mol. The lowest BCUT2D eigenvalue weighted by Crippen LogP contribution is -2.49. The molecule has 1 aliphatic carbocycles. The van der Waals surface area contributed by atoms with Crippen LogP contribution >= 0.6 is 0 Å². The van der Waals surface area contributed by atoms with Crippen LogP contribution in [0.5, 0.6) is 0 Å². The molecule has 1 N–H and O–H groups in total. The highest BCUT2D eigenvalue weighted by Crippen LogP contribution is 2.41. The van der Waals surface area contributed by atoms with Gasteiger partial charge in [-0.2, -0.15) is 0 Å². The molecule has 1 rings (SSSR count). The third-order valence-electron chi connectivity index (χ3n) is 4.68. The van der Waals surface area contributed by atoms with Crippen molar-refractivity contribution in [1.29, 1.82) is 0 Å². The van der Waals surface area contributed by atoms with Crippen LogP contribution in [-0.2, 0) is 4.74 Å². The van der Waals surface area contributed by atoms with Crippen LogP contribution in [-0.4, -0.2) is 24.8 Å². The van der Waals surface area contributed by atoms with E-state index in [2.05, 4.69) is 53.9 Å². The van der Waals surface area contributed by atoms with Crippen molar-refractivity contribution >= 4 is 0 Å². The summed E-state index contributed by atoms with van der Waals surface area (Å²) in [5, 5.41) is 3.44. The molecule has 0 heterocycles. The van der Waals surface area contributed by atoms with Gasteiger partial charge in [-0.3, -0.25) is 0 Å². The molecule has 1 aliphatic rings. The van der Waals surface area contributed by atoms with Crippen LogP contribution in [0.1, 0.15) is 67.2 Å². The summed E-state index contributed by atoms with van der Waals surface area (Å²) in [6.07, 6.45) is 5.38. The van der Waals surface area contributed by atoms with Crippen LogP contribution in [0.25, 0.3) is 0 Å². The van der Waals surface area contributed by atoms with Crippen molar-refractivity contribution in [3.8, 4) is 0 Å². The number of likely N-dealkylation sites (N-methyl/N-ethyl adjacent to an activating group) is 1. The highest BCUT2D eigenvalue weighted by Gasteiger charge is 2.38. The minimum atomic E-state index is -0.0436. The molecule has 3 unspecified atom stereocenters. The third-order valence-corrected chi connectivity index (χ3v) is 4.68. The number of ether oxygens (including phenoxy) is 1. The maximum atomic E-state index is 6.29. The van der Waals surface area contributed by atoms with Crippen LogP contribution in [0.15, 0.2) is 0 Å². The summed E-state index contributed by atoms with van der Waals surface area (Å²) in [6.45, 7) is 13.6. The molecule has 1 saturated carbocycles. The van der Waals surface area contributed by atoms with Gasteiger partial charge >= 0.3 is 0 Å². The van der Waals surface area contributed by atoms with Gasteiger partial charge in [-0.05, 0) is 58.4 Å². The second-order valence-corrected chi connectivity index (χ2v) is 7.52. The second kappa shape index (κ2) is 5.92. The fourth-order valence-corrected chi connectivity index (χ4v) is 3.04. The van der Waals surface area contributed by atoms with E-state index in [0.29, 0.717) is 17.6 Å². The largest absolute Gasteiger partial charge is 0.371 e. The smallest absolute Gasteiger partial charge is 0.0737 e. The van der Waals surface area contributed by atoms with Gasteiger partial charge in [0.25, 0.3) is 0 Å². The molecule has 0 spiro atoms. The molecule has 0 bridgehead atoms. The zero-order valence-corrected chi connectivity index (χ0v) is 13.5. The van der Waals surface area contributed by atoms with E-state index in [-0.39, 0.29) is 5.60 Å². The molecule has 0 radical (unpaired) electrons. The second-order valence-electron chi connectivity index (χ2n) is 7.52. The van der Waals surface area contributed by atoms with Crippen molar-refractivity contribution < 1.29 is 4.74 Å². The van der Waals surface area contributed by atoms with Gasteiger partial charge in [-0.1, -0.05) is 27.2 Å². The van der Waals surface area contributed by atoms with E-state index in [1.165, 1.54) is 25.7 Å². The molecule has 18 heavy (non-hydrogen) atoms. The number of nitrogens with one attached hydrogen (secondary N) is 1. The molecule has 3 atom stereocenters. The molecule has 0 saturated heterocycles. The first-order chi connectivity index (χ1) is 8.19. The Hall–Kier alpha value is -0.0800. The van der Waals surface area contributed by atoms with E-state index in [4.69, 9.17) is 4.74 Å². The molecule has 1 fully saturated rings. The third kappa shape index (κ3) is 4.24. The Kier molecular flexibility index (Phi) is 5.25. The summed E-state index contributed by atoms with van der Waals surface area (Å²) in [4.78, 5) is 0. The number of hydrogen-bond donors (Lipinski definition) is 1. The summed E-state index contributed by atoms with van der Waals surface area (Å²) >= 11 is 0. The Balaban J connectivity index is 2.72. The van der Waals surface area contributed by atoms with Gasteiger partial charge in [0.05, 0.1) is 11.7 Å². The van der Waals surface area contributed by atoms with Crippen molar-refractivity contribution in [3.05, 3.63) is 0 Å². The Labute approximate surface area is 114 Å². The zero-order chi connectivity index (χ0) is 14.0. The first kappa shape index (κ1) is 16.0. The normalized spacial score (nSPS) is 30.5. The molecule has 0 aromatic carbocycles. The maximum absolute atomic E-state index is 6.29. The minimum absolute atomic E-state index is 0.0436. The van der Waals surface area contributed by atoms with E-state index >= 15 is 0 Å². The predicted octanol–water partition coefficient (Wildman–Crippen LogP) is 3.99. The first-order valence-corrected chi connectivity index (χ1v) is 7.54. The van der Waals surface area contributed by atoms with Gasteiger partial charge in [-0.25, -0.2) is 0 Å². The average Bonchev–Trinajstić information content (AvgIpc) is 2.26. The highest BCUT2D eigenvalue weighted by atomic mass is 16.5. The standard InChI is InChI=1S/C16H33NO/c1-8-16(5,6)12-9-10-13(17-7)14(11-12)18-15(2,3)4/h12-14,17H,8-11H2,1-7H3. The molecule has 2 nitrogen and oxygen atoms in total. The highest BCUT2D eigenvalue weighted by molar-refractivity contribution is 4.91. The van der Waals surface area contributed by atoms with Crippen LogP contribution in [0, 0.1) is 11.3 Å². The minimum Gasteiger partial charge on any atom is -0.371 e. The summed E-state index contributed by atoms with van der Waals surface area (Å²) in [5.74, 6) is 0.791. The fraction of sp³-hybridized carbons (Fsp3) is 1.00. The average molecular weight is 255 g/mol. The lowest BCUT2D eigenvalue weighted by atomic mass is 9.68. The van der Waals surface area contributed by atoms with E-state index in [9.17, 15) is 0 Å². The van der Waals surface area contributed by atoms with E-state index < -0.39 is 0 Å². The summed E-state index contributed by atoms with van der Waals surface area (Å²) in [7, 11) is 2.06. The first-order valence-electron chi connectivity index (χ1n) is 7.54. The Morgan fingerprint density at radius 1 is 1.11 bits per heavy atom. The Morgan fingerprint density at radius 3 is 2.17 bits per heavy atom. The molecule has 0 amide bonds. The zero-order valence-electron chi connectivity index (χ0n) is 13.5. The van der Waals surface area contributed by atoms with Crippen molar-refractivity contribution in [1.82, 2.24) is 5.32 Å². The Morgan fingerprint density at radius 2 is 1.72 bits per heavy atom. The molecule has 108 valence electrons. The Bertz CT molecular complexity index is 254. The molecular formula is C16H33NO. The van der Waals surface area contributed by atoms with Gasteiger partial charge in [0.2, 0.25) is 0 Å². The van der Waals surface area contributed by atoms with Crippen molar-refractivity contribution in [2.24, 2.45) is 11.3 Å². The van der Waals surface area contributed by atoms with E-state index in [1.54, 1.807) is 0 Å². The molecule has 0 aliphatic heterocycles. The fourth-order valence-electron chi connectivity index (χ4n) is 3.04. The van der Waals surface area contributed by atoms with Gasteiger partial charge in [0, 0.05) is 6.04 Å². The lowest BCUT2D eigenvalue weighted by Gasteiger charge is -2.44. The van der Waals surface area contributed by atoms with Gasteiger partial charge in [-0.15, -0.1) is 0 Å². The van der Waals surface area contributed by atoms with Crippen molar-refractivity contribution in [3.63, 3.8) is 0 Å². The molecular weight excluding hydrogens is 222 g/mol. The van der Waals surface area contributed by atoms with Crippen LogP contribution in [0.2, 0.25) is 0 Å². The van der Waals surface area contributed by atoms with Gasteiger partial charge in [0.1, 0.15) is 0 Å². The quantitative estimate of drug-likeness (QED) is 0.820. The van der Waals surface area contributed by atoms with Crippen molar-refractivity contribution in [2.75, 3.05) is 7.05 Å². The van der Waals surface area contributed by atoms with E-state index in [1.807, 2.05) is 0 Å². The number of hydrogen-bond acceptors (Lipinski definition) is 2. The molecule has 0 aromatic rings. The predicted molar refractivity (Wildman–Crippen MR) is 78.9 cm³/mol. The van der Waals surface area contributed by atoms with E-state index in [0.717, 1.165) is 5.92 Å².